The highest BCUT2D eigenvalue weighted by molar-refractivity contribution is 5.78. The number of carbonyl (C=O) groups excluding carboxylic acids is 5. The highest BCUT2D eigenvalue weighted by atomic mass is 16.6. The van der Waals surface area contributed by atoms with E-state index in [0.29, 0.717) is 47.7 Å². The standard InChI is InChI=1S/C41H76N4O9/c1-12-13-20-24-36(54-39(51)31-45(10,11)27-29-53-34(3)47)35(48)23-21-18-16-14-15-17-19-22-25-37(49)42-40(4,5)32-41(6,7)43-38(50)30-44(8,9)26-28-52-33(2)46/h18,21,35-36,48H,12-17,19-20,22-32H2,1-11H3/p+2. The van der Waals surface area contributed by atoms with Crippen LogP contribution < -0.4 is 10.6 Å². The number of allylic oxidation sites excluding steroid dienone is 1. The van der Waals surface area contributed by atoms with Gasteiger partial charge < -0.3 is 38.9 Å². The van der Waals surface area contributed by atoms with Crippen molar-refractivity contribution in [2.45, 2.75) is 155 Å². The van der Waals surface area contributed by atoms with Crippen molar-refractivity contribution in [3.63, 3.8) is 0 Å². The summed E-state index contributed by atoms with van der Waals surface area (Å²) >= 11 is 0. The Morgan fingerprint density at radius 1 is 0.704 bits per heavy atom. The van der Waals surface area contributed by atoms with Gasteiger partial charge in [0.2, 0.25) is 5.91 Å². The van der Waals surface area contributed by atoms with Crippen LogP contribution in [-0.2, 0) is 38.2 Å². The number of esters is 3. The van der Waals surface area contributed by atoms with Gasteiger partial charge in [0.05, 0.1) is 34.3 Å². The van der Waals surface area contributed by atoms with Gasteiger partial charge in [-0.15, -0.1) is 0 Å². The summed E-state index contributed by atoms with van der Waals surface area (Å²) < 4.78 is 16.5. The van der Waals surface area contributed by atoms with Gasteiger partial charge in [-0.3, -0.25) is 19.2 Å². The van der Waals surface area contributed by atoms with E-state index in [2.05, 4.69) is 23.6 Å². The van der Waals surface area contributed by atoms with Gasteiger partial charge in [-0.1, -0.05) is 51.2 Å². The number of nitrogens with one attached hydrogen (secondary N) is 2. The molecule has 0 spiro atoms. The van der Waals surface area contributed by atoms with Crippen LogP contribution in [0.5, 0.6) is 0 Å². The number of aliphatic hydroxyl groups is 1. The van der Waals surface area contributed by atoms with Crippen LogP contribution in [-0.4, -0.2) is 135 Å². The molecule has 0 radical (unpaired) electrons. The van der Waals surface area contributed by atoms with Crippen LogP contribution in [0.1, 0.15) is 132 Å². The summed E-state index contributed by atoms with van der Waals surface area (Å²) in [7, 11) is 7.60. The first kappa shape index (κ1) is 51.0. The number of unbranched alkanes of at least 4 members (excludes halogenated alkanes) is 7. The highest BCUT2D eigenvalue weighted by Crippen LogP contribution is 2.21. The van der Waals surface area contributed by atoms with E-state index in [1.165, 1.54) is 13.8 Å². The molecule has 0 saturated carbocycles. The lowest BCUT2D eigenvalue weighted by molar-refractivity contribution is -0.883. The Morgan fingerprint density at radius 2 is 1.22 bits per heavy atom. The fourth-order valence-corrected chi connectivity index (χ4v) is 6.53. The normalized spacial score (nSPS) is 13.6. The monoisotopic (exact) mass is 771 g/mol. The minimum atomic E-state index is -0.776. The molecule has 0 aromatic heterocycles. The molecule has 2 amide bonds. The Labute approximate surface area is 327 Å². The summed E-state index contributed by atoms with van der Waals surface area (Å²) in [6, 6.07) is 0. The molecule has 54 heavy (non-hydrogen) atoms. The molecule has 0 heterocycles. The molecule has 0 aliphatic carbocycles. The molecule has 0 saturated heterocycles. The molecule has 0 aliphatic rings. The van der Waals surface area contributed by atoms with Crippen molar-refractivity contribution in [3.05, 3.63) is 12.2 Å². The van der Waals surface area contributed by atoms with Crippen LogP contribution >= 0.6 is 0 Å². The van der Waals surface area contributed by atoms with E-state index in [4.69, 9.17) is 14.2 Å². The maximum absolute atomic E-state index is 12.8. The van der Waals surface area contributed by atoms with E-state index in [9.17, 15) is 29.1 Å². The Morgan fingerprint density at radius 3 is 1.78 bits per heavy atom. The lowest BCUT2D eigenvalue weighted by Crippen LogP contribution is -2.57. The lowest BCUT2D eigenvalue weighted by Gasteiger charge is -2.37. The van der Waals surface area contributed by atoms with Crippen molar-refractivity contribution in [3.8, 4) is 0 Å². The third-order valence-corrected chi connectivity index (χ3v) is 9.10. The lowest BCUT2D eigenvalue weighted by atomic mass is 9.86. The molecule has 2 atom stereocenters. The van der Waals surface area contributed by atoms with Crippen molar-refractivity contribution in [2.24, 2.45) is 0 Å². The first-order valence-electron chi connectivity index (χ1n) is 20.0. The zero-order valence-corrected chi connectivity index (χ0v) is 35.9. The molecule has 0 fully saturated rings. The predicted molar refractivity (Wildman–Crippen MR) is 212 cm³/mol. The van der Waals surface area contributed by atoms with Gasteiger partial charge in [0.15, 0.2) is 13.1 Å². The zero-order chi connectivity index (χ0) is 41.4. The number of ether oxygens (including phenoxy) is 3. The van der Waals surface area contributed by atoms with Crippen molar-refractivity contribution >= 4 is 29.7 Å². The first-order chi connectivity index (χ1) is 25.0. The second kappa shape index (κ2) is 25.9. The summed E-state index contributed by atoms with van der Waals surface area (Å²) in [4.78, 5) is 60.4. The van der Waals surface area contributed by atoms with Gasteiger partial charge in [-0.2, -0.15) is 0 Å². The van der Waals surface area contributed by atoms with Crippen LogP contribution in [0.15, 0.2) is 12.2 Å². The topological polar surface area (TPSA) is 157 Å². The number of quaternary nitrogens is 2. The number of amides is 2. The summed E-state index contributed by atoms with van der Waals surface area (Å²) in [6.07, 6.45) is 13.4. The first-order valence-corrected chi connectivity index (χ1v) is 20.0. The highest BCUT2D eigenvalue weighted by Gasteiger charge is 2.33. The molecule has 314 valence electrons. The molecule has 0 bridgehead atoms. The molecule has 0 aliphatic heterocycles. The largest absolute Gasteiger partial charge is 0.460 e. The number of hydrogen-bond donors (Lipinski definition) is 3. The molecule has 13 heteroatoms. The maximum atomic E-state index is 12.8. The summed E-state index contributed by atoms with van der Waals surface area (Å²) in [5.41, 5.74) is -1.04. The van der Waals surface area contributed by atoms with Crippen LogP contribution in [0.4, 0.5) is 0 Å². The van der Waals surface area contributed by atoms with Gasteiger partial charge >= 0.3 is 17.9 Å². The molecule has 0 aromatic rings. The predicted octanol–water partition coefficient (Wildman–Crippen LogP) is 4.98. The second-order valence-electron chi connectivity index (χ2n) is 17.5. The smallest absolute Gasteiger partial charge is 0.362 e. The minimum Gasteiger partial charge on any atom is -0.460 e. The Balaban J connectivity index is 4.49. The average molecular weight is 771 g/mol. The number of hydrogen-bond acceptors (Lipinski definition) is 9. The number of nitrogens with zero attached hydrogens (tertiary/aromatic N) is 2. The zero-order valence-electron chi connectivity index (χ0n) is 35.9. The van der Waals surface area contributed by atoms with E-state index in [1.54, 1.807) is 0 Å². The van der Waals surface area contributed by atoms with Crippen LogP contribution in [0.25, 0.3) is 0 Å². The number of likely N-dealkylation sites (N-methyl/N-ethyl adjacent to an activating group) is 2. The van der Waals surface area contributed by atoms with Crippen molar-refractivity contribution in [2.75, 3.05) is 67.6 Å². The Bertz CT molecular complexity index is 1170. The van der Waals surface area contributed by atoms with Crippen LogP contribution in [0, 0.1) is 0 Å². The summed E-state index contributed by atoms with van der Waals surface area (Å²) in [5.74, 6) is -1.15. The summed E-state index contributed by atoms with van der Waals surface area (Å²) in [6.45, 7) is 14.6. The van der Waals surface area contributed by atoms with E-state index >= 15 is 0 Å². The van der Waals surface area contributed by atoms with E-state index in [0.717, 1.165) is 57.8 Å². The molecular weight excluding hydrogens is 692 g/mol. The van der Waals surface area contributed by atoms with Crippen molar-refractivity contribution in [1.82, 2.24) is 10.6 Å². The van der Waals surface area contributed by atoms with Crippen LogP contribution in [0.3, 0.4) is 0 Å². The van der Waals surface area contributed by atoms with Gasteiger partial charge in [0.1, 0.15) is 32.4 Å². The quantitative estimate of drug-likeness (QED) is 0.0302. The van der Waals surface area contributed by atoms with Gasteiger partial charge in [0, 0.05) is 31.3 Å². The van der Waals surface area contributed by atoms with Gasteiger partial charge in [-0.05, 0) is 72.6 Å². The molecule has 0 rings (SSSR count). The minimum absolute atomic E-state index is 0.00705. The molecular formula is C41H78N4O9+2. The fraction of sp³-hybridized carbons (Fsp3) is 0.829. The molecule has 2 unspecified atom stereocenters. The van der Waals surface area contributed by atoms with Crippen molar-refractivity contribution < 1.29 is 52.3 Å². The van der Waals surface area contributed by atoms with Crippen LogP contribution in [0.2, 0.25) is 0 Å². The third kappa shape index (κ3) is 28.4. The number of aliphatic hydroxyl groups excluding tert-OH is 1. The second-order valence-corrected chi connectivity index (χ2v) is 17.5. The van der Waals surface area contributed by atoms with E-state index < -0.39 is 23.3 Å². The van der Waals surface area contributed by atoms with E-state index in [-0.39, 0.29) is 56.0 Å². The number of rotatable bonds is 30. The average Bonchev–Trinajstić information content (AvgIpc) is 2.98. The summed E-state index contributed by atoms with van der Waals surface area (Å²) in [5, 5.41) is 17.1. The fourth-order valence-electron chi connectivity index (χ4n) is 6.53. The van der Waals surface area contributed by atoms with Crippen molar-refractivity contribution in [1.29, 1.82) is 0 Å². The SMILES string of the molecule is CCCCCC(OC(=O)C[N+](C)(C)CCOC(C)=O)C(O)CC=CCCCCCCCC(=O)NC(C)(C)CC(C)(C)NC(=O)C[N+](C)(C)CCOC(C)=O. The third-order valence-electron chi connectivity index (χ3n) is 9.10. The number of carbonyl (C=O) groups is 5. The van der Waals surface area contributed by atoms with Gasteiger partial charge in [-0.25, -0.2) is 4.79 Å². The van der Waals surface area contributed by atoms with E-state index in [1.807, 2.05) is 62.0 Å². The Kier molecular flexibility index (Phi) is 24.5. The molecule has 0 aromatic carbocycles. The maximum Gasteiger partial charge on any atom is 0.362 e. The Hall–Kier alpha value is -3.03. The molecule has 13 nitrogen and oxygen atoms in total. The van der Waals surface area contributed by atoms with Gasteiger partial charge in [0.25, 0.3) is 5.91 Å². The molecule has 3 N–H and O–H groups in total.